The van der Waals surface area contributed by atoms with Crippen LogP contribution in [0.4, 0.5) is 0 Å². The molecule has 0 aromatic carbocycles. The molecule has 0 bridgehead atoms. The maximum atomic E-state index is 11.2. The summed E-state index contributed by atoms with van der Waals surface area (Å²) < 4.78 is 0. The van der Waals surface area contributed by atoms with Crippen molar-refractivity contribution in [2.24, 2.45) is 5.73 Å². The number of rotatable bonds is 5. The average Bonchev–Trinajstić information content (AvgIpc) is 2.53. The van der Waals surface area contributed by atoms with Crippen LogP contribution >= 0.6 is 0 Å². The van der Waals surface area contributed by atoms with E-state index in [1.54, 1.807) is 0 Å². The molecule has 1 aromatic heterocycles. The number of likely N-dealkylation sites (tertiary alicyclic amines) is 1. The number of primary amides is 1. The van der Waals surface area contributed by atoms with Gasteiger partial charge in [-0.3, -0.25) is 4.79 Å². The number of hydrogen-bond donors (Lipinski definition) is 1. The Morgan fingerprint density at radius 1 is 1.27 bits per heavy atom. The Labute approximate surface area is 132 Å². The molecule has 5 heteroatoms. The number of hydrogen-bond acceptors (Lipinski definition) is 4. The number of aromatic nitrogens is 2. The molecule has 1 aliphatic carbocycles. The first-order valence-corrected chi connectivity index (χ1v) is 8.58. The molecule has 2 aliphatic rings. The van der Waals surface area contributed by atoms with Crippen molar-refractivity contribution in [2.45, 2.75) is 57.3 Å². The zero-order chi connectivity index (χ0) is 15.4. The maximum absolute atomic E-state index is 11.2. The third kappa shape index (κ3) is 3.83. The number of piperidine rings is 1. The van der Waals surface area contributed by atoms with Gasteiger partial charge in [-0.15, -0.1) is 0 Å². The van der Waals surface area contributed by atoms with E-state index in [0.29, 0.717) is 6.42 Å². The van der Waals surface area contributed by atoms with Crippen LogP contribution in [0.1, 0.15) is 61.5 Å². The van der Waals surface area contributed by atoms with Crippen molar-refractivity contribution >= 4 is 5.91 Å². The smallest absolute Gasteiger partial charge is 0.218 e. The van der Waals surface area contributed by atoms with Crippen molar-refractivity contribution in [1.29, 1.82) is 0 Å². The topological polar surface area (TPSA) is 72.1 Å². The fourth-order valence-electron chi connectivity index (χ4n) is 3.70. The van der Waals surface area contributed by atoms with Crippen molar-refractivity contribution in [3.63, 3.8) is 0 Å². The monoisotopic (exact) mass is 302 g/mol. The summed E-state index contributed by atoms with van der Waals surface area (Å²) in [5.41, 5.74) is 7.64. The van der Waals surface area contributed by atoms with Crippen LogP contribution in [0.5, 0.6) is 0 Å². The Bertz CT molecular complexity index is 525. The molecule has 0 saturated carbocycles. The Morgan fingerprint density at radius 2 is 2.09 bits per heavy atom. The molecule has 120 valence electrons. The first-order chi connectivity index (χ1) is 10.7. The molecule has 1 amide bonds. The van der Waals surface area contributed by atoms with Gasteiger partial charge in [0.15, 0.2) is 0 Å². The highest BCUT2D eigenvalue weighted by atomic mass is 16.1. The average molecular weight is 302 g/mol. The SMILES string of the molecule is NC(=O)CC1CCCc2nc(CCN3CCCCC3)ncc21. The molecule has 1 fully saturated rings. The van der Waals surface area contributed by atoms with E-state index in [4.69, 9.17) is 10.7 Å². The zero-order valence-electron chi connectivity index (χ0n) is 13.3. The van der Waals surface area contributed by atoms with E-state index in [0.717, 1.165) is 49.3 Å². The van der Waals surface area contributed by atoms with Crippen molar-refractivity contribution in [3.05, 3.63) is 23.3 Å². The summed E-state index contributed by atoms with van der Waals surface area (Å²) in [7, 11) is 0. The van der Waals surface area contributed by atoms with Crippen LogP contribution in [0.3, 0.4) is 0 Å². The molecule has 1 atom stereocenters. The van der Waals surface area contributed by atoms with E-state index >= 15 is 0 Å². The molecule has 1 saturated heterocycles. The van der Waals surface area contributed by atoms with Crippen molar-refractivity contribution in [1.82, 2.24) is 14.9 Å². The molecule has 2 N–H and O–H groups in total. The lowest BCUT2D eigenvalue weighted by Gasteiger charge is -2.26. The number of amides is 1. The fourth-order valence-corrected chi connectivity index (χ4v) is 3.70. The molecule has 0 spiro atoms. The molecular weight excluding hydrogens is 276 g/mol. The van der Waals surface area contributed by atoms with Crippen LogP contribution in [-0.4, -0.2) is 40.4 Å². The molecular formula is C17H26N4O. The van der Waals surface area contributed by atoms with Gasteiger partial charge in [0.05, 0.1) is 0 Å². The lowest BCUT2D eigenvalue weighted by Crippen LogP contribution is -2.32. The lowest BCUT2D eigenvalue weighted by molar-refractivity contribution is -0.118. The van der Waals surface area contributed by atoms with Crippen molar-refractivity contribution in [3.8, 4) is 0 Å². The molecule has 5 nitrogen and oxygen atoms in total. The summed E-state index contributed by atoms with van der Waals surface area (Å²) in [4.78, 5) is 23.0. The predicted octanol–water partition coefficient (Wildman–Crippen LogP) is 1.80. The van der Waals surface area contributed by atoms with Crippen molar-refractivity contribution < 1.29 is 4.79 Å². The second kappa shape index (κ2) is 7.18. The number of carbonyl (C=O) groups excluding carboxylic acids is 1. The number of fused-ring (bicyclic) bond motifs is 1. The van der Waals surface area contributed by atoms with Crippen LogP contribution in [-0.2, 0) is 17.6 Å². The van der Waals surface area contributed by atoms with Gasteiger partial charge in [0.2, 0.25) is 5.91 Å². The molecule has 3 rings (SSSR count). The van der Waals surface area contributed by atoms with Crippen LogP contribution in [0.25, 0.3) is 0 Å². The molecule has 1 aliphatic heterocycles. The molecule has 22 heavy (non-hydrogen) atoms. The van der Waals surface area contributed by atoms with E-state index in [1.807, 2.05) is 6.20 Å². The second-order valence-electron chi connectivity index (χ2n) is 6.60. The van der Waals surface area contributed by atoms with E-state index < -0.39 is 0 Å². The second-order valence-corrected chi connectivity index (χ2v) is 6.60. The van der Waals surface area contributed by atoms with Crippen LogP contribution in [0.2, 0.25) is 0 Å². The molecule has 0 radical (unpaired) electrons. The third-order valence-electron chi connectivity index (χ3n) is 4.90. The van der Waals surface area contributed by atoms with E-state index in [9.17, 15) is 4.79 Å². The van der Waals surface area contributed by atoms with Gasteiger partial charge in [-0.2, -0.15) is 0 Å². The first kappa shape index (κ1) is 15.4. The molecule has 1 unspecified atom stereocenters. The highest BCUT2D eigenvalue weighted by molar-refractivity contribution is 5.74. The summed E-state index contributed by atoms with van der Waals surface area (Å²) in [5.74, 6) is 0.938. The Kier molecular flexibility index (Phi) is 5.03. The van der Waals surface area contributed by atoms with Crippen molar-refractivity contribution in [2.75, 3.05) is 19.6 Å². The number of aryl methyl sites for hydroxylation is 1. The maximum Gasteiger partial charge on any atom is 0.218 e. The standard InChI is InChI=1S/C17H26N4O/c18-16(22)11-13-5-4-6-15-14(13)12-19-17(20-15)7-10-21-8-2-1-3-9-21/h12-13H,1-11H2,(H2,18,22). The van der Waals surface area contributed by atoms with Gasteiger partial charge in [0.1, 0.15) is 5.82 Å². The van der Waals surface area contributed by atoms with Gasteiger partial charge >= 0.3 is 0 Å². The Morgan fingerprint density at radius 3 is 2.86 bits per heavy atom. The summed E-state index contributed by atoms with van der Waals surface area (Å²) in [6.45, 7) is 3.49. The molecule has 1 aromatic rings. The number of nitrogens with zero attached hydrogens (tertiary/aromatic N) is 3. The summed E-state index contributed by atoms with van der Waals surface area (Å²) in [5, 5.41) is 0. The zero-order valence-corrected chi connectivity index (χ0v) is 13.3. The van der Waals surface area contributed by atoms with Gasteiger partial charge in [-0.25, -0.2) is 9.97 Å². The normalized spacial score (nSPS) is 22.3. The fraction of sp³-hybridized carbons (Fsp3) is 0.706. The highest BCUT2D eigenvalue weighted by Gasteiger charge is 2.23. The van der Waals surface area contributed by atoms with Gasteiger partial charge in [-0.05, 0) is 56.7 Å². The third-order valence-corrected chi connectivity index (χ3v) is 4.90. The van der Waals surface area contributed by atoms with Gasteiger partial charge in [-0.1, -0.05) is 6.42 Å². The Hall–Kier alpha value is -1.49. The predicted molar refractivity (Wildman–Crippen MR) is 85.5 cm³/mol. The lowest BCUT2D eigenvalue weighted by atomic mass is 9.84. The van der Waals surface area contributed by atoms with E-state index in [1.165, 1.54) is 32.4 Å². The summed E-state index contributed by atoms with van der Waals surface area (Å²) in [6.07, 6.45) is 10.4. The van der Waals surface area contributed by atoms with Crippen LogP contribution in [0, 0.1) is 0 Å². The van der Waals surface area contributed by atoms with Gasteiger partial charge in [0, 0.05) is 31.3 Å². The minimum atomic E-state index is -0.230. The minimum absolute atomic E-state index is 0.220. The minimum Gasteiger partial charge on any atom is -0.370 e. The number of carbonyl (C=O) groups is 1. The van der Waals surface area contributed by atoms with Gasteiger partial charge < -0.3 is 10.6 Å². The summed E-state index contributed by atoms with van der Waals surface area (Å²) >= 11 is 0. The quantitative estimate of drug-likeness (QED) is 0.900. The Balaban J connectivity index is 1.63. The van der Waals surface area contributed by atoms with E-state index in [2.05, 4.69) is 9.88 Å². The van der Waals surface area contributed by atoms with E-state index in [-0.39, 0.29) is 11.8 Å². The largest absolute Gasteiger partial charge is 0.370 e. The number of nitrogens with two attached hydrogens (primary N) is 1. The highest BCUT2D eigenvalue weighted by Crippen LogP contribution is 2.32. The van der Waals surface area contributed by atoms with Crippen LogP contribution < -0.4 is 5.73 Å². The van der Waals surface area contributed by atoms with Gasteiger partial charge in [0.25, 0.3) is 0 Å². The molecule has 2 heterocycles. The summed E-state index contributed by atoms with van der Waals surface area (Å²) in [6, 6.07) is 0. The van der Waals surface area contributed by atoms with Crippen LogP contribution in [0.15, 0.2) is 6.20 Å². The first-order valence-electron chi connectivity index (χ1n) is 8.58.